The van der Waals surface area contributed by atoms with Gasteiger partial charge in [0, 0.05) is 7.05 Å². The Hall–Kier alpha value is -1.82. The second-order valence-corrected chi connectivity index (χ2v) is 4.96. The van der Waals surface area contributed by atoms with Crippen LogP contribution in [0.5, 0.6) is 0 Å². The van der Waals surface area contributed by atoms with Crippen molar-refractivity contribution in [3.8, 4) is 0 Å². The molecule has 0 saturated carbocycles. The fourth-order valence-electron chi connectivity index (χ4n) is 1.58. The summed E-state index contributed by atoms with van der Waals surface area (Å²) in [5.41, 5.74) is 0.897. The maximum atomic E-state index is 12.1. The molecule has 0 aliphatic carbocycles. The molecule has 19 heavy (non-hydrogen) atoms. The fraction of sp³-hybridized carbons (Fsp3) is 0.308. The molecule has 0 unspecified atom stereocenters. The Labute approximate surface area is 116 Å². The molecular weight excluding hydrogens is 262 g/mol. The molecule has 0 spiro atoms. The summed E-state index contributed by atoms with van der Waals surface area (Å²) < 4.78 is 6.91. The van der Waals surface area contributed by atoms with E-state index < -0.39 is 5.25 Å². The molecule has 6 heteroatoms. The van der Waals surface area contributed by atoms with Crippen LogP contribution in [0.3, 0.4) is 0 Å². The SMILES string of the molecule is CCOC(=O)[C@H](Sc1nncn1C)c1ccccc1. The van der Waals surface area contributed by atoms with Crippen LogP contribution in [0.15, 0.2) is 41.8 Å². The van der Waals surface area contributed by atoms with Crippen LogP contribution in [0, 0.1) is 0 Å². The zero-order chi connectivity index (χ0) is 13.7. The van der Waals surface area contributed by atoms with Crippen LogP contribution in [0.4, 0.5) is 0 Å². The second kappa shape index (κ2) is 6.38. The fourth-order valence-corrected chi connectivity index (χ4v) is 2.56. The van der Waals surface area contributed by atoms with E-state index in [-0.39, 0.29) is 5.97 Å². The van der Waals surface area contributed by atoms with Crippen molar-refractivity contribution in [2.24, 2.45) is 7.05 Å². The van der Waals surface area contributed by atoms with Crippen LogP contribution < -0.4 is 0 Å². The van der Waals surface area contributed by atoms with Gasteiger partial charge in [-0.1, -0.05) is 42.1 Å². The van der Waals surface area contributed by atoms with Crippen LogP contribution in [0.1, 0.15) is 17.7 Å². The minimum absolute atomic E-state index is 0.262. The number of rotatable bonds is 5. The lowest BCUT2D eigenvalue weighted by molar-refractivity contribution is -0.142. The van der Waals surface area contributed by atoms with Gasteiger partial charge in [0.2, 0.25) is 0 Å². The predicted octanol–water partition coefficient (Wildman–Crippen LogP) is 2.21. The van der Waals surface area contributed by atoms with Gasteiger partial charge in [0.15, 0.2) is 5.16 Å². The third kappa shape index (κ3) is 3.35. The number of benzene rings is 1. The van der Waals surface area contributed by atoms with Gasteiger partial charge in [-0.25, -0.2) is 0 Å². The van der Waals surface area contributed by atoms with E-state index in [1.807, 2.05) is 37.4 Å². The Bertz CT molecular complexity index is 542. The molecule has 0 saturated heterocycles. The molecule has 2 rings (SSSR count). The summed E-state index contributed by atoms with van der Waals surface area (Å²) in [5.74, 6) is -0.262. The lowest BCUT2D eigenvalue weighted by atomic mass is 10.1. The van der Waals surface area contributed by atoms with Crippen molar-refractivity contribution < 1.29 is 9.53 Å². The van der Waals surface area contributed by atoms with Gasteiger partial charge in [-0.3, -0.25) is 4.79 Å². The highest BCUT2D eigenvalue weighted by molar-refractivity contribution is 8.00. The molecule has 1 heterocycles. The molecule has 0 aliphatic heterocycles. The molecule has 100 valence electrons. The van der Waals surface area contributed by atoms with Gasteiger partial charge in [0.05, 0.1) is 6.61 Å². The van der Waals surface area contributed by atoms with Crippen molar-refractivity contribution in [3.63, 3.8) is 0 Å². The number of nitrogens with zero attached hydrogens (tertiary/aromatic N) is 3. The number of aromatic nitrogens is 3. The molecule has 0 amide bonds. The topological polar surface area (TPSA) is 57.0 Å². The molecule has 0 radical (unpaired) electrons. The van der Waals surface area contributed by atoms with Crippen molar-refractivity contribution in [2.75, 3.05) is 6.61 Å². The van der Waals surface area contributed by atoms with Gasteiger partial charge >= 0.3 is 5.97 Å². The summed E-state index contributed by atoms with van der Waals surface area (Å²) in [5, 5.41) is 8.06. The summed E-state index contributed by atoms with van der Waals surface area (Å²) in [7, 11) is 1.84. The van der Waals surface area contributed by atoms with Crippen molar-refractivity contribution in [2.45, 2.75) is 17.3 Å². The van der Waals surface area contributed by atoms with Gasteiger partial charge in [-0.15, -0.1) is 10.2 Å². The van der Waals surface area contributed by atoms with E-state index in [2.05, 4.69) is 10.2 Å². The number of aryl methyl sites for hydroxylation is 1. The molecule has 1 aromatic carbocycles. The number of carbonyl (C=O) groups is 1. The van der Waals surface area contributed by atoms with Gasteiger partial charge in [0.25, 0.3) is 0 Å². The van der Waals surface area contributed by atoms with E-state index in [0.717, 1.165) is 5.56 Å². The van der Waals surface area contributed by atoms with Crippen LogP contribution in [0.2, 0.25) is 0 Å². The van der Waals surface area contributed by atoms with E-state index >= 15 is 0 Å². The maximum absolute atomic E-state index is 12.1. The molecule has 5 nitrogen and oxygen atoms in total. The predicted molar refractivity (Wildman–Crippen MR) is 72.7 cm³/mol. The number of thioether (sulfide) groups is 1. The summed E-state index contributed by atoms with van der Waals surface area (Å²) >= 11 is 1.34. The number of hydrogen-bond acceptors (Lipinski definition) is 5. The summed E-state index contributed by atoms with van der Waals surface area (Å²) in [6.45, 7) is 2.16. The molecule has 0 N–H and O–H groups in total. The first kappa shape index (κ1) is 13.6. The third-order valence-corrected chi connectivity index (χ3v) is 3.78. The maximum Gasteiger partial charge on any atom is 0.324 e. The van der Waals surface area contributed by atoms with E-state index in [1.165, 1.54) is 11.8 Å². The minimum atomic E-state index is -0.427. The van der Waals surface area contributed by atoms with Gasteiger partial charge < -0.3 is 9.30 Å². The zero-order valence-electron chi connectivity index (χ0n) is 10.8. The molecular formula is C13H15N3O2S. The van der Waals surface area contributed by atoms with Crippen LogP contribution in [0.25, 0.3) is 0 Å². The Morgan fingerprint density at radius 1 is 1.42 bits per heavy atom. The van der Waals surface area contributed by atoms with Crippen molar-refractivity contribution in [1.29, 1.82) is 0 Å². The quantitative estimate of drug-likeness (QED) is 0.619. The zero-order valence-corrected chi connectivity index (χ0v) is 11.6. The number of hydrogen-bond donors (Lipinski definition) is 0. The van der Waals surface area contributed by atoms with Gasteiger partial charge in [-0.05, 0) is 12.5 Å². The molecule has 1 atom stereocenters. The number of carbonyl (C=O) groups excluding carboxylic acids is 1. The second-order valence-electron chi connectivity index (χ2n) is 3.89. The van der Waals surface area contributed by atoms with E-state index in [9.17, 15) is 4.79 Å². The molecule has 0 fully saturated rings. The Morgan fingerprint density at radius 3 is 2.74 bits per heavy atom. The highest BCUT2D eigenvalue weighted by Crippen LogP contribution is 2.34. The van der Waals surface area contributed by atoms with Crippen LogP contribution >= 0.6 is 11.8 Å². The van der Waals surface area contributed by atoms with Crippen LogP contribution in [-0.4, -0.2) is 27.3 Å². The normalized spacial score (nSPS) is 12.1. The average molecular weight is 277 g/mol. The highest BCUT2D eigenvalue weighted by Gasteiger charge is 2.25. The van der Waals surface area contributed by atoms with Crippen molar-refractivity contribution in [3.05, 3.63) is 42.2 Å². The lowest BCUT2D eigenvalue weighted by Crippen LogP contribution is -2.14. The van der Waals surface area contributed by atoms with Crippen molar-refractivity contribution >= 4 is 17.7 Å². The monoisotopic (exact) mass is 277 g/mol. The van der Waals surface area contributed by atoms with Gasteiger partial charge in [-0.2, -0.15) is 0 Å². The summed E-state index contributed by atoms with van der Waals surface area (Å²) in [6.07, 6.45) is 1.61. The number of ether oxygens (including phenoxy) is 1. The Kier molecular flexibility index (Phi) is 4.57. The van der Waals surface area contributed by atoms with Gasteiger partial charge in [0.1, 0.15) is 11.6 Å². The lowest BCUT2D eigenvalue weighted by Gasteiger charge is -2.14. The highest BCUT2D eigenvalue weighted by atomic mass is 32.2. The largest absolute Gasteiger partial charge is 0.465 e. The first-order valence-electron chi connectivity index (χ1n) is 5.94. The average Bonchev–Trinajstić information content (AvgIpc) is 2.82. The van der Waals surface area contributed by atoms with Crippen molar-refractivity contribution in [1.82, 2.24) is 14.8 Å². The molecule has 0 bridgehead atoms. The summed E-state index contributed by atoms with van der Waals surface area (Å²) in [4.78, 5) is 12.1. The molecule has 2 aromatic rings. The first-order chi connectivity index (χ1) is 9.22. The van der Waals surface area contributed by atoms with E-state index in [0.29, 0.717) is 11.8 Å². The van der Waals surface area contributed by atoms with E-state index in [4.69, 9.17) is 4.74 Å². The molecule has 1 aromatic heterocycles. The molecule has 0 aliphatic rings. The third-order valence-electron chi connectivity index (χ3n) is 2.50. The number of esters is 1. The summed E-state index contributed by atoms with van der Waals surface area (Å²) in [6, 6.07) is 9.53. The smallest absolute Gasteiger partial charge is 0.324 e. The van der Waals surface area contributed by atoms with E-state index in [1.54, 1.807) is 17.8 Å². The Balaban J connectivity index is 2.25. The standard InChI is InChI=1S/C13H15N3O2S/c1-3-18-12(17)11(10-7-5-4-6-8-10)19-13-15-14-9-16(13)2/h4-9,11H,3H2,1-2H3/t11-/m1/s1. The Morgan fingerprint density at radius 2 is 2.16 bits per heavy atom. The minimum Gasteiger partial charge on any atom is -0.465 e. The van der Waals surface area contributed by atoms with Crippen LogP contribution in [-0.2, 0) is 16.6 Å². The first-order valence-corrected chi connectivity index (χ1v) is 6.82.